The third-order valence-corrected chi connectivity index (χ3v) is 7.30. The monoisotopic (exact) mass is 472 g/mol. The maximum absolute atomic E-state index is 12.7. The number of thiazole rings is 1. The smallest absolute Gasteiger partial charge is 0.356 e. The quantitative estimate of drug-likeness (QED) is 0.596. The van der Waals surface area contributed by atoms with Crippen molar-refractivity contribution in [1.29, 1.82) is 0 Å². The summed E-state index contributed by atoms with van der Waals surface area (Å²) < 4.78 is 7.31. The summed E-state index contributed by atoms with van der Waals surface area (Å²) in [5.74, 6) is -0.376. The van der Waals surface area contributed by atoms with Gasteiger partial charge in [-0.05, 0) is 48.4 Å². The number of hydrogen-bond acceptors (Lipinski definition) is 6. The molecular weight excluding hydrogens is 452 g/mol. The minimum absolute atomic E-state index is 0.133. The van der Waals surface area contributed by atoms with Gasteiger partial charge in [-0.1, -0.05) is 17.7 Å². The van der Waals surface area contributed by atoms with Gasteiger partial charge in [0.15, 0.2) is 5.69 Å². The Labute approximate surface area is 193 Å². The summed E-state index contributed by atoms with van der Waals surface area (Å²) in [7, 11) is 0. The number of likely N-dealkylation sites (tertiary alicyclic amines) is 1. The predicted molar refractivity (Wildman–Crippen MR) is 119 cm³/mol. The van der Waals surface area contributed by atoms with Crippen LogP contribution in [0.3, 0.4) is 0 Å². The van der Waals surface area contributed by atoms with E-state index in [1.165, 1.54) is 12.3 Å². The molecular formula is C22H21ClN4O4S. The van der Waals surface area contributed by atoms with E-state index in [1.54, 1.807) is 22.4 Å². The van der Waals surface area contributed by atoms with Crippen molar-refractivity contribution < 1.29 is 19.4 Å². The van der Waals surface area contributed by atoms with Crippen molar-refractivity contribution in [2.24, 2.45) is 11.8 Å². The maximum Gasteiger partial charge on any atom is 0.356 e. The minimum Gasteiger partial charge on any atom is -0.476 e. The lowest BCUT2D eigenvalue weighted by atomic mass is 10.0. The molecule has 1 amide bonds. The highest BCUT2D eigenvalue weighted by Gasteiger charge is 2.43. The van der Waals surface area contributed by atoms with Crippen LogP contribution in [0.25, 0.3) is 10.6 Å². The summed E-state index contributed by atoms with van der Waals surface area (Å²) in [6.45, 7) is 1.79. The fourth-order valence-electron chi connectivity index (χ4n) is 4.62. The van der Waals surface area contributed by atoms with Crippen LogP contribution in [-0.4, -0.2) is 56.0 Å². The Balaban J connectivity index is 1.15. The third-order valence-electron chi connectivity index (χ3n) is 6.16. The van der Waals surface area contributed by atoms with Gasteiger partial charge in [0, 0.05) is 36.4 Å². The summed E-state index contributed by atoms with van der Waals surface area (Å²) >= 11 is 7.89. The highest BCUT2D eigenvalue weighted by atomic mass is 35.5. The van der Waals surface area contributed by atoms with E-state index < -0.39 is 5.97 Å². The van der Waals surface area contributed by atoms with E-state index in [1.807, 2.05) is 23.6 Å². The molecule has 3 atom stereocenters. The molecule has 8 nitrogen and oxygen atoms in total. The van der Waals surface area contributed by atoms with Crippen LogP contribution in [0.15, 0.2) is 42.0 Å². The van der Waals surface area contributed by atoms with Crippen molar-refractivity contribution >= 4 is 34.9 Å². The first-order chi connectivity index (χ1) is 15.5. The van der Waals surface area contributed by atoms with E-state index in [0.717, 1.165) is 33.7 Å². The molecule has 1 N–H and O–H groups in total. The number of carboxylic acid groups (broad SMARTS) is 1. The number of ether oxygens (including phenoxy) is 1. The molecule has 0 radical (unpaired) electrons. The number of rotatable bonds is 5. The molecule has 2 aromatic heterocycles. The van der Waals surface area contributed by atoms with Crippen LogP contribution in [0, 0.1) is 11.8 Å². The van der Waals surface area contributed by atoms with E-state index in [4.69, 9.17) is 21.4 Å². The molecule has 1 unspecified atom stereocenters. The molecule has 1 saturated heterocycles. The van der Waals surface area contributed by atoms with Crippen LogP contribution in [0.1, 0.15) is 28.9 Å². The molecule has 1 aliphatic carbocycles. The molecule has 0 bridgehead atoms. The number of aromatic nitrogens is 3. The summed E-state index contributed by atoms with van der Waals surface area (Å²) in [6, 6.07) is 6.95. The second-order valence-electron chi connectivity index (χ2n) is 8.21. The van der Waals surface area contributed by atoms with Gasteiger partial charge < -0.3 is 14.7 Å². The highest BCUT2D eigenvalue weighted by molar-refractivity contribution is 7.13. The Morgan fingerprint density at radius 3 is 2.66 bits per heavy atom. The van der Waals surface area contributed by atoms with Crippen LogP contribution in [0.5, 0.6) is 0 Å². The van der Waals surface area contributed by atoms with Crippen molar-refractivity contribution in [1.82, 2.24) is 19.7 Å². The number of halogens is 1. The number of carbonyl (C=O) groups is 2. The Hall–Kier alpha value is -2.75. The Morgan fingerprint density at radius 1 is 1.22 bits per heavy atom. The SMILES string of the molecule is O=C(O)c1ccn(C(=O)N2C[C@H]3CC(OCc4ccc(Cl)c(-c5nccs5)c4)C[C@H]3C2)n1. The Morgan fingerprint density at radius 2 is 2.00 bits per heavy atom. The largest absolute Gasteiger partial charge is 0.476 e. The average Bonchev–Trinajstić information content (AvgIpc) is 3.56. The average molecular weight is 473 g/mol. The standard InChI is InChI=1S/C22H21ClN4O4S/c23-18-2-1-13(7-17(18)20-24-4-6-32-20)12-31-16-8-14-10-26(11-15(14)9-16)22(30)27-5-3-19(25-27)21(28)29/h1-7,14-16H,8-12H2,(H,28,29)/t14-,15+,16?. The van der Waals surface area contributed by atoms with Crippen LogP contribution in [0.4, 0.5) is 4.79 Å². The zero-order chi connectivity index (χ0) is 22.2. The topological polar surface area (TPSA) is 97.5 Å². The molecule has 32 heavy (non-hydrogen) atoms. The van der Waals surface area contributed by atoms with Gasteiger partial charge in [-0.2, -0.15) is 9.78 Å². The number of carbonyl (C=O) groups excluding carboxylic acids is 1. The van der Waals surface area contributed by atoms with Crippen molar-refractivity contribution in [3.63, 3.8) is 0 Å². The van der Waals surface area contributed by atoms with Gasteiger partial charge in [0.1, 0.15) is 5.01 Å². The fourth-order valence-corrected chi connectivity index (χ4v) is 5.55. The summed E-state index contributed by atoms with van der Waals surface area (Å²) in [5.41, 5.74) is 1.85. The van der Waals surface area contributed by atoms with Crippen LogP contribution >= 0.6 is 22.9 Å². The number of carboxylic acids is 1. The van der Waals surface area contributed by atoms with Gasteiger partial charge >= 0.3 is 12.0 Å². The second kappa shape index (κ2) is 8.65. The summed E-state index contributed by atoms with van der Waals surface area (Å²) in [5, 5.41) is 16.3. The van der Waals surface area contributed by atoms with Crippen molar-refractivity contribution in [2.45, 2.75) is 25.6 Å². The van der Waals surface area contributed by atoms with Crippen molar-refractivity contribution in [2.75, 3.05) is 13.1 Å². The van der Waals surface area contributed by atoms with Crippen molar-refractivity contribution in [3.8, 4) is 10.6 Å². The first-order valence-corrected chi connectivity index (χ1v) is 11.6. The number of benzene rings is 1. The molecule has 5 rings (SSSR count). The van der Waals surface area contributed by atoms with Gasteiger partial charge in [-0.15, -0.1) is 11.3 Å². The van der Waals surface area contributed by atoms with Gasteiger partial charge in [0.25, 0.3) is 0 Å². The van der Waals surface area contributed by atoms with Crippen LogP contribution < -0.4 is 0 Å². The highest BCUT2D eigenvalue weighted by Crippen LogP contribution is 2.40. The molecule has 2 aliphatic rings. The first-order valence-electron chi connectivity index (χ1n) is 10.4. The molecule has 1 saturated carbocycles. The zero-order valence-corrected chi connectivity index (χ0v) is 18.6. The zero-order valence-electron chi connectivity index (χ0n) is 17.1. The lowest BCUT2D eigenvalue weighted by Gasteiger charge is -2.19. The Kier molecular flexibility index (Phi) is 5.71. The third kappa shape index (κ3) is 4.15. The molecule has 166 valence electrons. The first kappa shape index (κ1) is 21.1. The molecule has 3 heterocycles. The van der Waals surface area contributed by atoms with Crippen LogP contribution in [-0.2, 0) is 11.3 Å². The van der Waals surface area contributed by atoms with Gasteiger partial charge in [-0.3, -0.25) is 0 Å². The summed E-state index contributed by atoms with van der Waals surface area (Å²) in [4.78, 5) is 29.7. The molecule has 10 heteroatoms. The normalized spacial score (nSPS) is 22.3. The molecule has 0 spiro atoms. The second-order valence-corrected chi connectivity index (χ2v) is 9.52. The minimum atomic E-state index is -1.14. The Bertz CT molecular complexity index is 1130. The summed E-state index contributed by atoms with van der Waals surface area (Å²) in [6.07, 6.45) is 5.13. The van der Waals surface area contributed by atoms with E-state index >= 15 is 0 Å². The lowest BCUT2D eigenvalue weighted by molar-refractivity contribution is 0.0383. The number of amides is 1. The number of hydrogen-bond donors (Lipinski definition) is 1. The molecule has 1 aromatic carbocycles. The van der Waals surface area contributed by atoms with Crippen LogP contribution in [0.2, 0.25) is 5.02 Å². The van der Waals surface area contributed by atoms with Gasteiger partial charge in [0.05, 0.1) is 17.7 Å². The lowest BCUT2D eigenvalue weighted by Crippen LogP contribution is -2.34. The molecule has 1 aliphatic heterocycles. The molecule has 2 fully saturated rings. The van der Waals surface area contributed by atoms with E-state index in [2.05, 4.69) is 10.1 Å². The molecule has 3 aromatic rings. The number of fused-ring (bicyclic) bond motifs is 1. The number of aromatic carboxylic acids is 1. The predicted octanol–water partition coefficient (Wildman–Crippen LogP) is 4.25. The van der Waals surface area contributed by atoms with Gasteiger partial charge in [-0.25, -0.2) is 14.6 Å². The maximum atomic E-state index is 12.7. The fraction of sp³-hybridized carbons (Fsp3) is 0.364. The van der Waals surface area contributed by atoms with E-state index in [9.17, 15) is 9.59 Å². The van der Waals surface area contributed by atoms with Gasteiger partial charge in [0.2, 0.25) is 0 Å². The van der Waals surface area contributed by atoms with E-state index in [0.29, 0.717) is 36.6 Å². The van der Waals surface area contributed by atoms with E-state index in [-0.39, 0.29) is 17.8 Å². The number of nitrogens with zero attached hydrogens (tertiary/aromatic N) is 4. The van der Waals surface area contributed by atoms with Crippen molar-refractivity contribution in [3.05, 3.63) is 58.3 Å².